The summed E-state index contributed by atoms with van der Waals surface area (Å²) in [5.74, 6) is 0.831. The molecule has 0 saturated carbocycles. The smallest absolute Gasteiger partial charge is 0.289 e. The first-order valence-electron chi connectivity index (χ1n) is 7.87. The Kier molecular flexibility index (Phi) is 6.80. The predicted octanol–water partition coefficient (Wildman–Crippen LogP) is 1.52. The van der Waals surface area contributed by atoms with Gasteiger partial charge < -0.3 is 9.29 Å². The van der Waals surface area contributed by atoms with Crippen molar-refractivity contribution in [2.24, 2.45) is 5.10 Å². The van der Waals surface area contributed by atoms with Gasteiger partial charge in [-0.1, -0.05) is 22.4 Å². The van der Waals surface area contributed by atoms with Gasteiger partial charge in [-0.25, -0.2) is 8.42 Å². The number of ether oxygens (including phenoxy) is 1. The number of hydrogen-bond acceptors (Lipinski definition) is 6. The minimum Gasteiger partial charge on any atom is -0.748 e. The van der Waals surface area contributed by atoms with Gasteiger partial charge in [-0.15, -0.1) is 9.78 Å². The van der Waals surface area contributed by atoms with Crippen LogP contribution in [0.3, 0.4) is 0 Å². The largest absolute Gasteiger partial charge is 0.748 e. The summed E-state index contributed by atoms with van der Waals surface area (Å²) >= 11 is 0. The van der Waals surface area contributed by atoms with E-state index in [0.29, 0.717) is 6.26 Å². The van der Waals surface area contributed by atoms with Gasteiger partial charge in [-0.2, -0.15) is 0 Å². The van der Waals surface area contributed by atoms with E-state index in [1.165, 1.54) is 5.56 Å². The molecule has 142 valence electrons. The number of aromatic nitrogens is 3. The molecule has 0 atom stereocenters. The topological polar surface area (TPSA) is 100 Å². The fourth-order valence-electron chi connectivity index (χ4n) is 1.99. The zero-order valence-corrected chi connectivity index (χ0v) is 16.0. The molecule has 0 aliphatic rings. The van der Waals surface area contributed by atoms with Gasteiger partial charge in [0.15, 0.2) is 0 Å². The van der Waals surface area contributed by atoms with Crippen LogP contribution in [0, 0.1) is 6.92 Å². The molecule has 0 N–H and O–H groups in total. The van der Waals surface area contributed by atoms with Crippen molar-refractivity contribution in [2.75, 3.05) is 13.4 Å². The van der Waals surface area contributed by atoms with Crippen molar-refractivity contribution in [3.63, 3.8) is 0 Å². The number of methoxy groups -OCH3 is 1. The Morgan fingerprint density at radius 2 is 1.74 bits per heavy atom. The van der Waals surface area contributed by atoms with Crippen molar-refractivity contribution in [2.45, 2.75) is 6.92 Å². The van der Waals surface area contributed by atoms with Gasteiger partial charge in [0, 0.05) is 11.4 Å². The quantitative estimate of drug-likeness (QED) is 0.383. The first kappa shape index (κ1) is 20.3. The van der Waals surface area contributed by atoms with E-state index in [9.17, 15) is 0 Å². The maximum absolute atomic E-state index is 9.08. The average molecular weight is 388 g/mol. The Morgan fingerprint density at radius 1 is 1.15 bits per heavy atom. The summed E-state index contributed by atoms with van der Waals surface area (Å²) in [6.45, 7) is 2.06. The Hall–Kier alpha value is -3.04. The minimum absolute atomic E-state index is 0.604. The Morgan fingerprint density at radius 3 is 2.30 bits per heavy atom. The van der Waals surface area contributed by atoms with Crippen LogP contribution in [0.4, 0.5) is 0 Å². The molecule has 0 spiro atoms. The molecule has 0 bridgehead atoms. The number of benzene rings is 2. The fourth-order valence-corrected chi connectivity index (χ4v) is 1.99. The molecular formula is C18H20N4O4S. The Balaban J connectivity index is 0.000000465. The summed E-state index contributed by atoms with van der Waals surface area (Å²) in [5, 5.41) is 8.66. The highest BCUT2D eigenvalue weighted by atomic mass is 32.2. The van der Waals surface area contributed by atoms with Gasteiger partial charge in [0.25, 0.3) is 12.7 Å². The molecular weight excluding hydrogens is 368 g/mol. The first-order valence-corrected chi connectivity index (χ1v) is 9.68. The number of rotatable bonds is 4. The van der Waals surface area contributed by atoms with Crippen LogP contribution < -0.4 is 9.41 Å². The lowest BCUT2D eigenvalue weighted by molar-refractivity contribution is -0.678. The number of hydrogen-bond donors (Lipinski definition) is 0. The molecule has 3 aromatic rings. The van der Waals surface area contributed by atoms with Crippen molar-refractivity contribution >= 4 is 16.3 Å². The van der Waals surface area contributed by atoms with E-state index in [-0.39, 0.29) is 0 Å². The average Bonchev–Trinajstić information content (AvgIpc) is 3.08. The summed E-state index contributed by atoms with van der Waals surface area (Å²) in [6, 6.07) is 15.9. The van der Waals surface area contributed by atoms with E-state index in [1.807, 2.05) is 42.7 Å². The second-order valence-electron chi connectivity index (χ2n) is 5.63. The molecule has 0 saturated heterocycles. The lowest BCUT2D eigenvalue weighted by Crippen LogP contribution is -2.24. The van der Waals surface area contributed by atoms with Gasteiger partial charge in [-0.05, 0) is 48.9 Å². The molecule has 0 amide bonds. The molecule has 0 aliphatic heterocycles. The Labute approximate surface area is 158 Å². The Bertz CT molecular complexity index is 987. The number of aryl methyl sites for hydroxylation is 1. The minimum atomic E-state index is -3.92. The maximum Gasteiger partial charge on any atom is 0.289 e. The highest BCUT2D eigenvalue weighted by Crippen LogP contribution is 2.09. The van der Waals surface area contributed by atoms with Crippen LogP contribution in [0.5, 0.6) is 5.75 Å². The molecule has 8 nitrogen and oxygen atoms in total. The van der Waals surface area contributed by atoms with Crippen LogP contribution in [0.1, 0.15) is 11.1 Å². The molecule has 9 heteroatoms. The van der Waals surface area contributed by atoms with Crippen molar-refractivity contribution in [3.05, 3.63) is 72.3 Å². The number of nitrogens with zero attached hydrogens (tertiary/aromatic N) is 4. The van der Waals surface area contributed by atoms with E-state index >= 15 is 0 Å². The predicted molar refractivity (Wildman–Crippen MR) is 100 cm³/mol. The van der Waals surface area contributed by atoms with E-state index in [0.717, 1.165) is 17.0 Å². The van der Waals surface area contributed by atoms with Crippen molar-refractivity contribution < 1.29 is 22.4 Å². The molecule has 0 radical (unpaired) electrons. The summed E-state index contributed by atoms with van der Waals surface area (Å²) in [5.41, 5.74) is 3.22. The standard InChI is InChI=1S/C17H17N4O.CH4O3S/c1-14-3-7-16(8-4-14)21-13-20(12-19-21)18-11-15-5-9-17(22-2)10-6-15;1-5(2,3)4/h3-13H,1-2H3;1H3,(H,2,3,4)/q+1;/p-1/b18-11-;. The first-order chi connectivity index (χ1) is 12.7. The van der Waals surface area contributed by atoms with Crippen LogP contribution in [-0.2, 0) is 10.1 Å². The monoisotopic (exact) mass is 388 g/mol. The third-order valence-corrected chi connectivity index (χ3v) is 3.28. The maximum atomic E-state index is 9.08. The van der Waals surface area contributed by atoms with Crippen LogP contribution in [0.15, 0.2) is 66.3 Å². The lowest BCUT2D eigenvalue weighted by Gasteiger charge is -1.97. The fraction of sp³-hybridized carbons (Fsp3) is 0.167. The zero-order valence-electron chi connectivity index (χ0n) is 15.2. The van der Waals surface area contributed by atoms with Crippen LogP contribution in [0.25, 0.3) is 5.69 Å². The van der Waals surface area contributed by atoms with Crippen molar-refractivity contribution in [1.82, 2.24) is 9.78 Å². The molecule has 2 aromatic carbocycles. The normalized spacial score (nSPS) is 11.1. The van der Waals surface area contributed by atoms with Gasteiger partial charge in [0.1, 0.15) is 11.4 Å². The molecule has 3 rings (SSSR count). The molecule has 0 aliphatic carbocycles. The molecule has 1 heterocycles. The third-order valence-electron chi connectivity index (χ3n) is 3.28. The summed E-state index contributed by atoms with van der Waals surface area (Å²) < 4.78 is 35.8. The highest BCUT2D eigenvalue weighted by Gasteiger charge is 2.07. The van der Waals surface area contributed by atoms with Gasteiger partial charge >= 0.3 is 0 Å². The van der Waals surface area contributed by atoms with Gasteiger partial charge in [0.2, 0.25) is 0 Å². The SMILES string of the molecule is COc1ccc(/C=N\[n+]2cnn(-c3ccc(C)cc3)c2)cc1.CS(=O)(=O)[O-]. The van der Waals surface area contributed by atoms with Crippen LogP contribution in [0.2, 0.25) is 0 Å². The third kappa shape index (κ3) is 7.38. The van der Waals surface area contributed by atoms with Gasteiger partial charge in [-0.3, -0.25) is 0 Å². The lowest BCUT2D eigenvalue weighted by atomic mass is 10.2. The van der Waals surface area contributed by atoms with Crippen LogP contribution >= 0.6 is 0 Å². The summed E-state index contributed by atoms with van der Waals surface area (Å²) in [6.07, 6.45) is 5.87. The van der Waals surface area contributed by atoms with E-state index < -0.39 is 10.1 Å². The molecule has 27 heavy (non-hydrogen) atoms. The van der Waals surface area contributed by atoms with Crippen molar-refractivity contribution in [3.8, 4) is 11.4 Å². The summed E-state index contributed by atoms with van der Waals surface area (Å²) in [7, 11) is -2.27. The van der Waals surface area contributed by atoms with Crippen molar-refractivity contribution in [1.29, 1.82) is 0 Å². The zero-order chi connectivity index (χ0) is 19.9. The molecule has 1 aromatic heterocycles. The van der Waals surface area contributed by atoms with E-state index in [4.69, 9.17) is 17.7 Å². The molecule has 0 unspecified atom stereocenters. The molecule has 0 fully saturated rings. The van der Waals surface area contributed by atoms with Crippen LogP contribution in [-0.4, -0.2) is 42.3 Å². The summed E-state index contributed by atoms with van der Waals surface area (Å²) in [4.78, 5) is 0. The second kappa shape index (κ2) is 9.06. The van der Waals surface area contributed by atoms with E-state index in [2.05, 4.69) is 29.3 Å². The second-order valence-corrected chi connectivity index (χ2v) is 7.04. The van der Waals surface area contributed by atoms with Gasteiger partial charge in [0.05, 0.1) is 23.4 Å². The van der Waals surface area contributed by atoms with E-state index in [1.54, 1.807) is 29.0 Å². The highest BCUT2D eigenvalue weighted by molar-refractivity contribution is 7.84.